The summed E-state index contributed by atoms with van der Waals surface area (Å²) in [4.78, 5) is 30.2. The van der Waals surface area contributed by atoms with E-state index in [1.165, 1.54) is 17.8 Å². The number of nitrogens with one attached hydrogen (secondary N) is 2. The number of hydrogen-bond donors (Lipinski definition) is 3. The van der Waals surface area contributed by atoms with Crippen molar-refractivity contribution in [2.45, 2.75) is 62.0 Å². The first-order valence-electron chi connectivity index (χ1n) is 7.11. The second-order valence-electron chi connectivity index (χ2n) is 5.94. The van der Waals surface area contributed by atoms with Crippen LogP contribution in [0.5, 0.6) is 0 Å². The van der Waals surface area contributed by atoms with Gasteiger partial charge in [0.2, 0.25) is 5.91 Å². The van der Waals surface area contributed by atoms with Crippen LogP contribution < -0.4 is 16.6 Å². The van der Waals surface area contributed by atoms with Crippen LogP contribution in [0.4, 0.5) is 0 Å². The maximum atomic E-state index is 11.8. The Labute approximate surface area is 128 Å². The van der Waals surface area contributed by atoms with Gasteiger partial charge < -0.3 is 16.0 Å². The minimum atomic E-state index is -0.725. The molecular weight excluding hydrogens is 288 g/mol. The van der Waals surface area contributed by atoms with Crippen LogP contribution in [-0.2, 0) is 4.79 Å². The van der Waals surface area contributed by atoms with Gasteiger partial charge in [-0.05, 0) is 33.1 Å². The Kier molecular flexibility index (Phi) is 4.73. The van der Waals surface area contributed by atoms with Gasteiger partial charge in [0.15, 0.2) is 5.16 Å². The van der Waals surface area contributed by atoms with Gasteiger partial charge in [-0.1, -0.05) is 18.7 Å². The Balaban J connectivity index is 2.02. The predicted molar refractivity (Wildman–Crippen MR) is 83.3 cm³/mol. The molecule has 116 valence electrons. The van der Waals surface area contributed by atoms with Gasteiger partial charge in [-0.25, -0.2) is 4.98 Å². The topological polar surface area (TPSA) is 101 Å². The molecule has 0 aliphatic heterocycles. The summed E-state index contributed by atoms with van der Waals surface area (Å²) in [5.41, 5.74) is 5.35. The van der Waals surface area contributed by atoms with Crippen molar-refractivity contribution < 1.29 is 4.79 Å². The second-order valence-corrected chi connectivity index (χ2v) is 7.37. The van der Waals surface area contributed by atoms with Crippen molar-refractivity contribution in [2.24, 2.45) is 5.73 Å². The normalized spacial score (nSPS) is 19.0. The average molecular weight is 310 g/mol. The lowest BCUT2D eigenvalue weighted by atomic mass is 9.95. The minimum absolute atomic E-state index is 0.0960. The molecule has 2 unspecified atom stereocenters. The number of aromatic amines is 1. The molecule has 7 heteroatoms. The number of H-pyrrole nitrogens is 1. The van der Waals surface area contributed by atoms with Crippen molar-refractivity contribution in [1.82, 2.24) is 15.3 Å². The van der Waals surface area contributed by atoms with Gasteiger partial charge in [-0.3, -0.25) is 9.59 Å². The summed E-state index contributed by atoms with van der Waals surface area (Å²) in [6.07, 6.45) is 2.77. The summed E-state index contributed by atoms with van der Waals surface area (Å²) in [6.45, 7) is 5.63. The third-order valence-electron chi connectivity index (χ3n) is 3.50. The predicted octanol–water partition coefficient (Wildman–Crippen LogP) is 0.945. The van der Waals surface area contributed by atoms with Crippen LogP contribution >= 0.6 is 11.8 Å². The number of nitrogens with two attached hydrogens (primary N) is 1. The van der Waals surface area contributed by atoms with Gasteiger partial charge in [0.05, 0.1) is 5.54 Å². The zero-order chi connectivity index (χ0) is 15.6. The highest BCUT2D eigenvalue weighted by Crippen LogP contribution is 2.29. The van der Waals surface area contributed by atoms with Crippen molar-refractivity contribution >= 4 is 17.7 Å². The van der Waals surface area contributed by atoms with Crippen LogP contribution in [0.15, 0.2) is 16.0 Å². The first-order chi connectivity index (χ1) is 9.78. The molecular formula is C14H22N4O2S. The van der Waals surface area contributed by atoms with E-state index in [4.69, 9.17) is 5.73 Å². The monoisotopic (exact) mass is 310 g/mol. The largest absolute Gasteiger partial charge is 0.368 e. The van der Waals surface area contributed by atoms with Gasteiger partial charge in [0, 0.05) is 23.1 Å². The molecule has 21 heavy (non-hydrogen) atoms. The number of primary amides is 1. The maximum absolute atomic E-state index is 11.8. The highest BCUT2D eigenvalue weighted by molar-refractivity contribution is 7.99. The standard InChI is InChI=1S/C14H22N4O2S/c1-8-6-11(19)17-13(16-8)21-9(2)7-14(3,12(15)20)18-10-4-5-10/h6,9-10,18H,4-5,7H2,1-3H3,(H2,15,20)(H,16,17,19). The van der Waals surface area contributed by atoms with Crippen molar-refractivity contribution in [1.29, 1.82) is 0 Å². The molecule has 1 fully saturated rings. The van der Waals surface area contributed by atoms with Gasteiger partial charge in [0.25, 0.3) is 5.56 Å². The minimum Gasteiger partial charge on any atom is -0.368 e. The van der Waals surface area contributed by atoms with Crippen LogP contribution in [-0.4, -0.2) is 32.7 Å². The highest BCUT2D eigenvalue weighted by Gasteiger charge is 2.38. The quantitative estimate of drug-likeness (QED) is 0.514. The number of nitrogens with zero attached hydrogens (tertiary/aromatic N) is 1. The smallest absolute Gasteiger partial charge is 0.251 e. The van der Waals surface area contributed by atoms with Gasteiger partial charge >= 0.3 is 0 Å². The van der Waals surface area contributed by atoms with Crippen molar-refractivity contribution in [3.05, 3.63) is 22.1 Å². The number of hydrogen-bond acceptors (Lipinski definition) is 5. The average Bonchev–Trinajstić information content (AvgIpc) is 3.10. The zero-order valence-electron chi connectivity index (χ0n) is 12.6. The van der Waals surface area contributed by atoms with Gasteiger partial charge in [0.1, 0.15) is 0 Å². The van der Waals surface area contributed by atoms with Crippen molar-refractivity contribution in [2.75, 3.05) is 0 Å². The molecule has 1 aromatic rings. The molecule has 0 radical (unpaired) electrons. The van der Waals surface area contributed by atoms with E-state index in [9.17, 15) is 9.59 Å². The molecule has 1 saturated carbocycles. The Bertz CT molecular complexity index is 585. The van der Waals surface area contributed by atoms with Crippen LogP contribution in [0.2, 0.25) is 0 Å². The number of amides is 1. The zero-order valence-corrected chi connectivity index (χ0v) is 13.4. The SMILES string of the molecule is Cc1cc(=O)[nH]c(SC(C)CC(C)(NC2CC2)C(N)=O)n1. The summed E-state index contributed by atoms with van der Waals surface area (Å²) >= 11 is 1.45. The molecule has 2 rings (SSSR count). The summed E-state index contributed by atoms with van der Waals surface area (Å²) in [6, 6.07) is 1.85. The molecule has 1 aliphatic carbocycles. The van der Waals surface area contributed by atoms with Crippen LogP contribution in [0.3, 0.4) is 0 Å². The first kappa shape index (κ1) is 16.0. The molecule has 1 aromatic heterocycles. The third kappa shape index (κ3) is 4.57. The van der Waals surface area contributed by atoms with E-state index in [2.05, 4.69) is 15.3 Å². The van der Waals surface area contributed by atoms with E-state index in [-0.39, 0.29) is 16.7 Å². The van der Waals surface area contributed by atoms with E-state index >= 15 is 0 Å². The van der Waals surface area contributed by atoms with Crippen molar-refractivity contribution in [3.8, 4) is 0 Å². The lowest BCUT2D eigenvalue weighted by molar-refractivity contribution is -0.124. The number of carbonyl (C=O) groups excluding carboxylic acids is 1. The number of aryl methyl sites for hydroxylation is 1. The van der Waals surface area contributed by atoms with Gasteiger partial charge in [-0.15, -0.1) is 0 Å². The van der Waals surface area contributed by atoms with E-state index in [1.807, 2.05) is 13.8 Å². The Morgan fingerprint density at radius 1 is 1.67 bits per heavy atom. The molecule has 1 amide bonds. The van der Waals surface area contributed by atoms with E-state index < -0.39 is 5.54 Å². The van der Waals surface area contributed by atoms with Gasteiger partial charge in [-0.2, -0.15) is 0 Å². The molecule has 4 N–H and O–H groups in total. The molecule has 6 nitrogen and oxygen atoms in total. The third-order valence-corrected chi connectivity index (χ3v) is 4.49. The maximum Gasteiger partial charge on any atom is 0.251 e. The Hall–Kier alpha value is -1.34. The summed E-state index contributed by atoms with van der Waals surface area (Å²) in [5, 5.41) is 4.00. The Morgan fingerprint density at radius 3 is 2.86 bits per heavy atom. The molecule has 1 aliphatic rings. The van der Waals surface area contributed by atoms with Crippen LogP contribution in [0.25, 0.3) is 0 Å². The second kappa shape index (κ2) is 6.19. The fraction of sp³-hybridized carbons (Fsp3) is 0.643. The van der Waals surface area contributed by atoms with E-state index in [0.717, 1.165) is 12.8 Å². The summed E-state index contributed by atoms with van der Waals surface area (Å²) in [5.74, 6) is -0.340. The summed E-state index contributed by atoms with van der Waals surface area (Å²) < 4.78 is 0. The highest BCUT2D eigenvalue weighted by atomic mass is 32.2. The van der Waals surface area contributed by atoms with Crippen LogP contribution in [0.1, 0.15) is 38.8 Å². The van der Waals surface area contributed by atoms with E-state index in [1.54, 1.807) is 6.92 Å². The van der Waals surface area contributed by atoms with Crippen LogP contribution in [0, 0.1) is 6.92 Å². The molecule has 0 bridgehead atoms. The molecule has 2 atom stereocenters. The molecule has 0 saturated heterocycles. The fourth-order valence-electron chi connectivity index (χ4n) is 2.32. The molecule has 1 heterocycles. The lowest BCUT2D eigenvalue weighted by Crippen LogP contribution is -2.55. The Morgan fingerprint density at radius 2 is 2.33 bits per heavy atom. The number of carbonyl (C=O) groups is 1. The lowest BCUT2D eigenvalue weighted by Gasteiger charge is -2.30. The van der Waals surface area contributed by atoms with E-state index in [0.29, 0.717) is 23.3 Å². The van der Waals surface area contributed by atoms with Crippen molar-refractivity contribution in [3.63, 3.8) is 0 Å². The molecule has 0 spiro atoms. The molecule has 0 aromatic carbocycles. The number of thioether (sulfide) groups is 1. The number of aromatic nitrogens is 2. The fourth-order valence-corrected chi connectivity index (χ4v) is 3.48. The number of rotatable bonds is 7. The first-order valence-corrected chi connectivity index (χ1v) is 7.99. The summed E-state index contributed by atoms with van der Waals surface area (Å²) in [7, 11) is 0.